The third-order valence-electron chi connectivity index (χ3n) is 5.19. The molecular weight excluding hydrogens is 497 g/mol. The molecule has 3 aromatic rings. The second-order valence-electron chi connectivity index (χ2n) is 7.47. The molecule has 1 amide bonds. The molecular formula is C22H24N4O3S4. The number of thioether (sulfide) groups is 2. The van der Waals surface area contributed by atoms with Gasteiger partial charge in [-0.05, 0) is 49.3 Å². The fraction of sp³-hybridized carbons (Fsp3) is 0.318. The Balaban J connectivity index is 1.49. The standard InChI is InChI=1S/C22H24N4O3S4/c1-30-19-11-10-17(14-18(19)20(27)26-12-6-3-7-13-26)33(28,29)25-21-23-24-22(32-21)31-15-16-8-4-2-5-9-16/h2,4-5,8-11,14H,3,6-7,12-13,15H2,1H3,(H,23,25). The van der Waals surface area contributed by atoms with Crippen molar-refractivity contribution >= 4 is 55.9 Å². The molecule has 0 unspecified atom stereocenters. The van der Waals surface area contributed by atoms with Gasteiger partial charge in [-0.15, -0.1) is 22.0 Å². The third kappa shape index (κ3) is 6.08. The summed E-state index contributed by atoms with van der Waals surface area (Å²) in [6.07, 6.45) is 4.94. The van der Waals surface area contributed by atoms with Gasteiger partial charge in [-0.25, -0.2) is 8.42 Å². The molecule has 4 rings (SSSR count). The van der Waals surface area contributed by atoms with Gasteiger partial charge in [-0.2, -0.15) is 0 Å². The fourth-order valence-electron chi connectivity index (χ4n) is 3.49. The van der Waals surface area contributed by atoms with E-state index in [2.05, 4.69) is 14.9 Å². The summed E-state index contributed by atoms with van der Waals surface area (Å²) in [6, 6.07) is 14.6. The van der Waals surface area contributed by atoms with Crippen molar-refractivity contribution in [2.45, 2.75) is 39.1 Å². The molecule has 0 aliphatic carbocycles. The van der Waals surface area contributed by atoms with E-state index in [0.717, 1.165) is 35.5 Å². The van der Waals surface area contributed by atoms with Gasteiger partial charge in [-0.3, -0.25) is 9.52 Å². The summed E-state index contributed by atoms with van der Waals surface area (Å²) in [5, 5.41) is 8.26. The van der Waals surface area contributed by atoms with E-state index < -0.39 is 10.0 Å². The molecule has 1 N–H and O–H groups in total. The molecule has 174 valence electrons. The first-order valence-electron chi connectivity index (χ1n) is 10.5. The minimum Gasteiger partial charge on any atom is -0.339 e. The SMILES string of the molecule is CSc1ccc(S(=O)(=O)Nc2nnc(SCc3ccccc3)s2)cc1C(=O)N1CCCCC1. The number of hydrogen-bond donors (Lipinski definition) is 1. The molecule has 7 nitrogen and oxygen atoms in total. The maximum atomic E-state index is 13.1. The molecule has 0 atom stereocenters. The highest BCUT2D eigenvalue weighted by Crippen LogP contribution is 2.31. The van der Waals surface area contributed by atoms with Crippen LogP contribution < -0.4 is 4.72 Å². The summed E-state index contributed by atoms with van der Waals surface area (Å²) < 4.78 is 29.2. The number of sulfonamides is 1. The van der Waals surface area contributed by atoms with Crippen LogP contribution in [0.3, 0.4) is 0 Å². The summed E-state index contributed by atoms with van der Waals surface area (Å²) in [5.41, 5.74) is 1.57. The van der Waals surface area contributed by atoms with E-state index in [0.29, 0.717) is 23.0 Å². The zero-order valence-electron chi connectivity index (χ0n) is 18.1. The molecule has 33 heavy (non-hydrogen) atoms. The minimum absolute atomic E-state index is 0.0364. The Morgan fingerprint density at radius 3 is 2.58 bits per heavy atom. The molecule has 0 saturated carbocycles. The Morgan fingerprint density at radius 2 is 1.85 bits per heavy atom. The number of rotatable bonds is 8. The average Bonchev–Trinajstić information content (AvgIpc) is 3.29. The predicted octanol–water partition coefficient (Wildman–Crippen LogP) is 4.98. The van der Waals surface area contributed by atoms with Crippen LogP contribution >= 0.6 is 34.9 Å². The van der Waals surface area contributed by atoms with Crippen molar-refractivity contribution in [2.75, 3.05) is 24.1 Å². The summed E-state index contributed by atoms with van der Waals surface area (Å²) in [4.78, 5) is 15.7. The highest BCUT2D eigenvalue weighted by molar-refractivity contribution is 8.00. The number of piperidine rings is 1. The average molecular weight is 521 g/mol. The molecule has 0 spiro atoms. The van der Waals surface area contributed by atoms with E-state index >= 15 is 0 Å². The number of benzene rings is 2. The topological polar surface area (TPSA) is 92.3 Å². The van der Waals surface area contributed by atoms with E-state index in [4.69, 9.17) is 0 Å². The maximum Gasteiger partial charge on any atom is 0.263 e. The molecule has 2 aromatic carbocycles. The molecule has 0 bridgehead atoms. The fourth-order valence-corrected chi connectivity index (χ4v) is 7.03. The van der Waals surface area contributed by atoms with Crippen molar-refractivity contribution in [3.8, 4) is 0 Å². The quantitative estimate of drug-likeness (QED) is 0.419. The zero-order valence-corrected chi connectivity index (χ0v) is 21.3. The number of likely N-dealkylation sites (tertiary alicyclic amines) is 1. The van der Waals surface area contributed by atoms with Gasteiger partial charge in [0, 0.05) is 23.7 Å². The van der Waals surface area contributed by atoms with Gasteiger partial charge in [0.25, 0.3) is 15.9 Å². The molecule has 1 saturated heterocycles. The van der Waals surface area contributed by atoms with Crippen LogP contribution in [0.4, 0.5) is 5.13 Å². The van der Waals surface area contributed by atoms with Gasteiger partial charge in [0.15, 0.2) is 4.34 Å². The second kappa shape index (κ2) is 10.9. The van der Waals surface area contributed by atoms with Crippen LogP contribution in [0.15, 0.2) is 62.7 Å². The van der Waals surface area contributed by atoms with E-state index in [1.54, 1.807) is 6.07 Å². The number of amides is 1. The summed E-state index contributed by atoms with van der Waals surface area (Å²) in [6.45, 7) is 1.41. The van der Waals surface area contributed by atoms with E-state index in [-0.39, 0.29) is 15.9 Å². The Hall–Kier alpha value is -2.08. The highest BCUT2D eigenvalue weighted by Gasteiger charge is 2.24. The molecule has 1 fully saturated rings. The van der Waals surface area contributed by atoms with Gasteiger partial charge >= 0.3 is 0 Å². The lowest BCUT2D eigenvalue weighted by Crippen LogP contribution is -2.36. The molecule has 2 heterocycles. The Morgan fingerprint density at radius 1 is 1.09 bits per heavy atom. The molecule has 1 aromatic heterocycles. The number of nitrogens with one attached hydrogen (secondary N) is 1. The normalized spacial score (nSPS) is 14.3. The first kappa shape index (κ1) is 24.1. The van der Waals surface area contributed by atoms with Crippen molar-refractivity contribution in [2.24, 2.45) is 0 Å². The van der Waals surface area contributed by atoms with Crippen LogP contribution in [0.5, 0.6) is 0 Å². The van der Waals surface area contributed by atoms with Gasteiger partial charge in [0.1, 0.15) is 0 Å². The lowest BCUT2D eigenvalue weighted by atomic mass is 10.1. The summed E-state index contributed by atoms with van der Waals surface area (Å²) in [5.74, 6) is 0.604. The van der Waals surface area contributed by atoms with E-state index in [1.807, 2.05) is 41.5 Å². The minimum atomic E-state index is -3.91. The van der Waals surface area contributed by atoms with Crippen LogP contribution in [-0.4, -0.2) is 48.8 Å². The van der Waals surface area contributed by atoms with Crippen LogP contribution in [0.2, 0.25) is 0 Å². The van der Waals surface area contributed by atoms with E-state index in [9.17, 15) is 13.2 Å². The smallest absolute Gasteiger partial charge is 0.263 e. The maximum absolute atomic E-state index is 13.1. The number of aromatic nitrogens is 2. The number of anilines is 1. The molecule has 1 aliphatic heterocycles. The van der Waals surface area contributed by atoms with Gasteiger partial charge < -0.3 is 4.90 Å². The first-order valence-corrected chi connectivity index (χ1v) is 15.0. The van der Waals surface area contributed by atoms with Crippen molar-refractivity contribution in [3.05, 3.63) is 59.7 Å². The van der Waals surface area contributed by atoms with Gasteiger partial charge in [-0.1, -0.05) is 53.4 Å². The Labute approximate surface area is 206 Å². The number of carbonyl (C=O) groups excluding carboxylic acids is 1. The van der Waals surface area contributed by atoms with Crippen molar-refractivity contribution in [1.29, 1.82) is 0 Å². The number of nitrogens with zero attached hydrogens (tertiary/aromatic N) is 3. The van der Waals surface area contributed by atoms with Crippen molar-refractivity contribution in [1.82, 2.24) is 15.1 Å². The largest absolute Gasteiger partial charge is 0.339 e. The van der Waals surface area contributed by atoms with Crippen LogP contribution in [0.1, 0.15) is 35.2 Å². The third-order valence-corrected chi connectivity index (χ3v) is 9.49. The van der Waals surface area contributed by atoms with Crippen LogP contribution in [0, 0.1) is 0 Å². The molecule has 1 aliphatic rings. The second-order valence-corrected chi connectivity index (χ2v) is 12.2. The summed E-state index contributed by atoms with van der Waals surface area (Å²) in [7, 11) is -3.91. The van der Waals surface area contributed by atoms with Crippen LogP contribution in [-0.2, 0) is 15.8 Å². The Bertz CT molecular complexity index is 1210. The lowest BCUT2D eigenvalue weighted by molar-refractivity contribution is 0.0720. The number of hydrogen-bond acceptors (Lipinski definition) is 8. The molecule has 11 heteroatoms. The van der Waals surface area contributed by atoms with Crippen molar-refractivity contribution in [3.63, 3.8) is 0 Å². The van der Waals surface area contributed by atoms with Crippen LogP contribution in [0.25, 0.3) is 0 Å². The lowest BCUT2D eigenvalue weighted by Gasteiger charge is -2.27. The highest BCUT2D eigenvalue weighted by atomic mass is 32.2. The first-order chi connectivity index (χ1) is 16.0. The predicted molar refractivity (Wildman–Crippen MR) is 135 cm³/mol. The van der Waals surface area contributed by atoms with E-state index in [1.165, 1.54) is 47.0 Å². The molecule has 0 radical (unpaired) electrons. The monoisotopic (exact) mass is 520 g/mol. The number of carbonyl (C=O) groups is 1. The van der Waals surface area contributed by atoms with Gasteiger partial charge in [0.2, 0.25) is 5.13 Å². The van der Waals surface area contributed by atoms with Crippen molar-refractivity contribution < 1.29 is 13.2 Å². The van der Waals surface area contributed by atoms with Gasteiger partial charge in [0.05, 0.1) is 10.5 Å². The Kier molecular flexibility index (Phi) is 7.94. The summed E-state index contributed by atoms with van der Waals surface area (Å²) >= 11 is 4.12. The zero-order chi connectivity index (χ0) is 23.3.